The first-order valence-electron chi connectivity index (χ1n) is 4.95. The third kappa shape index (κ3) is 2.68. The summed E-state index contributed by atoms with van der Waals surface area (Å²) in [4.78, 5) is 15.1. The number of rotatable bonds is 4. The highest BCUT2D eigenvalue weighted by atomic mass is 19.3. The highest BCUT2D eigenvalue weighted by Crippen LogP contribution is 2.30. The molecule has 7 heteroatoms. The van der Waals surface area contributed by atoms with E-state index >= 15 is 0 Å². The number of carbonyl (C=O) groups excluding carboxylic acids is 1. The average Bonchev–Trinajstić information content (AvgIpc) is 2.27. The molecule has 0 radical (unpaired) electrons. The largest absolute Gasteiger partial charge is 0.462 e. The summed E-state index contributed by atoms with van der Waals surface area (Å²) < 4.78 is 30.2. The van der Waals surface area contributed by atoms with Gasteiger partial charge in [0, 0.05) is 12.7 Å². The molecule has 17 heavy (non-hydrogen) atoms. The van der Waals surface area contributed by atoms with E-state index in [1.54, 1.807) is 6.92 Å². The Morgan fingerprint density at radius 2 is 2.24 bits per heavy atom. The maximum Gasteiger partial charge on any atom is 0.341 e. The normalized spacial score (nSPS) is 10.6. The van der Waals surface area contributed by atoms with Crippen molar-refractivity contribution in [3.05, 3.63) is 23.0 Å². The SMILES string of the molecule is CCOC(=O)c1cnc(CN)c(C(F)F)c1N. The minimum Gasteiger partial charge on any atom is -0.462 e. The summed E-state index contributed by atoms with van der Waals surface area (Å²) >= 11 is 0. The molecule has 0 unspecified atom stereocenters. The van der Waals surface area contributed by atoms with Crippen LogP contribution in [0.15, 0.2) is 6.20 Å². The van der Waals surface area contributed by atoms with Crippen LogP contribution in [0.5, 0.6) is 0 Å². The molecule has 0 spiro atoms. The van der Waals surface area contributed by atoms with Gasteiger partial charge in [0.15, 0.2) is 0 Å². The quantitative estimate of drug-likeness (QED) is 0.778. The fourth-order valence-corrected chi connectivity index (χ4v) is 1.36. The zero-order valence-electron chi connectivity index (χ0n) is 9.24. The summed E-state index contributed by atoms with van der Waals surface area (Å²) in [6.45, 7) is 1.55. The van der Waals surface area contributed by atoms with Gasteiger partial charge in [-0.1, -0.05) is 0 Å². The molecule has 1 heterocycles. The van der Waals surface area contributed by atoms with Crippen LogP contribution in [0.25, 0.3) is 0 Å². The van der Waals surface area contributed by atoms with E-state index in [1.165, 1.54) is 0 Å². The van der Waals surface area contributed by atoms with Gasteiger partial charge in [-0.05, 0) is 6.92 Å². The van der Waals surface area contributed by atoms with Gasteiger partial charge >= 0.3 is 5.97 Å². The number of esters is 1. The first-order chi connectivity index (χ1) is 8.02. The Bertz CT molecular complexity index is 424. The molecule has 0 saturated heterocycles. The molecule has 1 rings (SSSR count). The van der Waals surface area contributed by atoms with Gasteiger partial charge in [-0.3, -0.25) is 4.98 Å². The summed E-state index contributed by atoms with van der Waals surface area (Å²) in [5, 5.41) is 0. The van der Waals surface area contributed by atoms with Crippen molar-refractivity contribution < 1.29 is 18.3 Å². The van der Waals surface area contributed by atoms with Crippen LogP contribution >= 0.6 is 0 Å². The van der Waals surface area contributed by atoms with Crippen LogP contribution in [0, 0.1) is 0 Å². The molecule has 0 amide bonds. The number of hydrogen-bond donors (Lipinski definition) is 2. The van der Waals surface area contributed by atoms with Gasteiger partial charge in [-0.25, -0.2) is 13.6 Å². The number of ether oxygens (including phenoxy) is 1. The van der Waals surface area contributed by atoms with E-state index in [0.29, 0.717) is 0 Å². The fourth-order valence-electron chi connectivity index (χ4n) is 1.36. The molecule has 0 aliphatic heterocycles. The molecular formula is C10H13F2N3O2. The highest BCUT2D eigenvalue weighted by Gasteiger charge is 2.23. The Balaban J connectivity index is 3.27. The van der Waals surface area contributed by atoms with Crippen molar-refractivity contribution in [2.75, 3.05) is 12.3 Å². The number of nitrogens with two attached hydrogens (primary N) is 2. The maximum atomic E-state index is 12.8. The number of alkyl halides is 2. The van der Waals surface area contributed by atoms with Crippen LogP contribution in [-0.2, 0) is 11.3 Å². The van der Waals surface area contributed by atoms with Crippen molar-refractivity contribution in [1.82, 2.24) is 4.98 Å². The Morgan fingerprint density at radius 1 is 1.59 bits per heavy atom. The third-order valence-corrected chi connectivity index (χ3v) is 2.15. The molecule has 5 nitrogen and oxygen atoms in total. The molecule has 0 atom stereocenters. The Kier molecular flexibility index (Phi) is 4.33. The van der Waals surface area contributed by atoms with Gasteiger partial charge in [0.2, 0.25) is 0 Å². The van der Waals surface area contributed by atoms with E-state index in [1.807, 2.05) is 0 Å². The molecule has 4 N–H and O–H groups in total. The second kappa shape index (κ2) is 5.53. The van der Waals surface area contributed by atoms with E-state index in [2.05, 4.69) is 9.72 Å². The molecule has 0 aliphatic carbocycles. The molecule has 1 aromatic heterocycles. The second-order valence-corrected chi connectivity index (χ2v) is 3.17. The van der Waals surface area contributed by atoms with Crippen molar-refractivity contribution >= 4 is 11.7 Å². The number of aromatic nitrogens is 1. The third-order valence-electron chi connectivity index (χ3n) is 2.15. The lowest BCUT2D eigenvalue weighted by Crippen LogP contribution is -2.15. The zero-order chi connectivity index (χ0) is 13.0. The number of nitrogens with zero attached hydrogens (tertiary/aromatic N) is 1. The molecule has 94 valence electrons. The number of hydrogen-bond acceptors (Lipinski definition) is 5. The Labute approximate surface area is 96.8 Å². The maximum absolute atomic E-state index is 12.8. The van der Waals surface area contributed by atoms with Crippen molar-refractivity contribution in [3.63, 3.8) is 0 Å². The lowest BCUT2D eigenvalue weighted by molar-refractivity contribution is 0.0526. The summed E-state index contributed by atoms with van der Waals surface area (Å²) in [7, 11) is 0. The van der Waals surface area contributed by atoms with Gasteiger partial charge in [-0.2, -0.15) is 0 Å². The monoisotopic (exact) mass is 245 g/mol. The van der Waals surface area contributed by atoms with Gasteiger partial charge < -0.3 is 16.2 Å². The van der Waals surface area contributed by atoms with Gasteiger partial charge in [0.1, 0.15) is 5.56 Å². The van der Waals surface area contributed by atoms with E-state index in [4.69, 9.17) is 11.5 Å². The van der Waals surface area contributed by atoms with Crippen molar-refractivity contribution in [1.29, 1.82) is 0 Å². The van der Waals surface area contributed by atoms with Crippen molar-refractivity contribution in [2.45, 2.75) is 19.9 Å². The number of pyridine rings is 1. The standard InChI is InChI=1S/C10H13F2N3O2/c1-2-17-10(16)5-4-15-6(3-13)7(8(5)14)9(11)12/h4,9H,2-3,13H2,1H3,(H2,14,15). The smallest absolute Gasteiger partial charge is 0.341 e. The molecular weight excluding hydrogens is 232 g/mol. The summed E-state index contributed by atoms with van der Waals surface area (Å²) in [5.41, 5.74) is 9.77. The first kappa shape index (κ1) is 13.3. The van der Waals surface area contributed by atoms with Gasteiger partial charge in [0.05, 0.1) is 23.6 Å². The van der Waals surface area contributed by atoms with Crippen LogP contribution in [0.3, 0.4) is 0 Å². The van der Waals surface area contributed by atoms with Crippen LogP contribution in [0.4, 0.5) is 14.5 Å². The fraction of sp³-hybridized carbons (Fsp3) is 0.400. The minimum atomic E-state index is -2.84. The van der Waals surface area contributed by atoms with Crippen molar-refractivity contribution in [3.8, 4) is 0 Å². The minimum absolute atomic E-state index is 0.0226. The molecule has 0 fully saturated rings. The first-order valence-corrected chi connectivity index (χ1v) is 4.95. The number of carbonyl (C=O) groups is 1. The summed E-state index contributed by atoms with van der Waals surface area (Å²) in [6.07, 6.45) is -1.74. The van der Waals surface area contributed by atoms with E-state index in [-0.39, 0.29) is 30.1 Å². The van der Waals surface area contributed by atoms with Gasteiger partial charge in [-0.15, -0.1) is 0 Å². The number of anilines is 1. The number of halogens is 2. The predicted octanol–water partition coefficient (Wildman–Crippen LogP) is 1.24. The van der Waals surface area contributed by atoms with Crippen molar-refractivity contribution in [2.24, 2.45) is 5.73 Å². The van der Waals surface area contributed by atoms with E-state index in [0.717, 1.165) is 6.20 Å². The highest BCUT2D eigenvalue weighted by molar-refractivity contribution is 5.95. The van der Waals surface area contributed by atoms with Crippen LogP contribution in [0.2, 0.25) is 0 Å². The lowest BCUT2D eigenvalue weighted by atomic mass is 10.1. The van der Waals surface area contributed by atoms with E-state index < -0.39 is 18.0 Å². The average molecular weight is 245 g/mol. The Hall–Kier alpha value is -1.76. The predicted molar refractivity (Wildman–Crippen MR) is 57.5 cm³/mol. The topological polar surface area (TPSA) is 91.2 Å². The second-order valence-electron chi connectivity index (χ2n) is 3.17. The van der Waals surface area contributed by atoms with E-state index in [9.17, 15) is 13.6 Å². The zero-order valence-corrected chi connectivity index (χ0v) is 9.24. The summed E-state index contributed by atoms with van der Waals surface area (Å²) in [6, 6.07) is 0. The molecule has 1 aromatic rings. The van der Waals surface area contributed by atoms with Crippen LogP contribution < -0.4 is 11.5 Å². The van der Waals surface area contributed by atoms with Gasteiger partial charge in [0.25, 0.3) is 6.43 Å². The Morgan fingerprint density at radius 3 is 2.71 bits per heavy atom. The molecule has 0 aromatic carbocycles. The van der Waals surface area contributed by atoms with Crippen LogP contribution in [-0.4, -0.2) is 17.6 Å². The number of nitrogen functional groups attached to an aromatic ring is 1. The lowest BCUT2D eigenvalue weighted by Gasteiger charge is -2.12. The molecule has 0 saturated carbocycles. The molecule has 0 aliphatic rings. The molecule has 0 bridgehead atoms. The van der Waals surface area contributed by atoms with Crippen LogP contribution in [0.1, 0.15) is 35.0 Å². The summed E-state index contributed by atoms with van der Waals surface area (Å²) in [5.74, 6) is -0.775.